The summed E-state index contributed by atoms with van der Waals surface area (Å²) in [4.78, 5) is 4.85. The van der Waals surface area contributed by atoms with Gasteiger partial charge in [-0.05, 0) is 47.5 Å². The highest BCUT2D eigenvalue weighted by Crippen LogP contribution is 2.22. The fraction of sp³-hybridized carbons (Fsp3) is 0.786. The number of H-pyrrole nitrogens is 1. The molecule has 0 amide bonds. The highest BCUT2D eigenvalue weighted by Gasteiger charge is 2.31. The lowest BCUT2D eigenvalue weighted by molar-refractivity contribution is 0.181. The van der Waals surface area contributed by atoms with Crippen LogP contribution >= 0.6 is 0 Å². The van der Waals surface area contributed by atoms with E-state index in [1.165, 1.54) is 0 Å². The minimum atomic E-state index is -3.43. The van der Waals surface area contributed by atoms with Gasteiger partial charge in [0, 0.05) is 26.2 Å². The van der Waals surface area contributed by atoms with Crippen molar-refractivity contribution in [1.82, 2.24) is 24.3 Å². The van der Waals surface area contributed by atoms with Crippen molar-refractivity contribution in [3.63, 3.8) is 0 Å². The van der Waals surface area contributed by atoms with Gasteiger partial charge in [0.1, 0.15) is 4.90 Å². The lowest BCUT2D eigenvalue weighted by Gasteiger charge is -2.34. The second-order valence-corrected chi connectivity index (χ2v) is 8.04. The Hall–Kier alpha value is -0.960. The van der Waals surface area contributed by atoms with Crippen LogP contribution in [0.2, 0.25) is 0 Å². The number of hydrogen-bond acceptors (Lipinski definition) is 5. The molecule has 1 aromatic rings. The molecule has 1 aromatic heterocycles. The first-order valence-electron chi connectivity index (χ1n) is 7.71. The van der Waals surface area contributed by atoms with E-state index in [0.29, 0.717) is 29.4 Å². The average molecular weight is 329 g/mol. The Balaban J connectivity index is 1.94. The molecule has 1 saturated heterocycles. The van der Waals surface area contributed by atoms with Gasteiger partial charge in [-0.3, -0.25) is 5.10 Å². The van der Waals surface area contributed by atoms with E-state index in [0.717, 1.165) is 32.6 Å². The van der Waals surface area contributed by atoms with Crippen molar-refractivity contribution >= 4 is 10.0 Å². The number of rotatable bonds is 6. The normalized spacial score (nSPS) is 18.2. The third kappa shape index (κ3) is 3.87. The summed E-state index contributed by atoms with van der Waals surface area (Å²) >= 11 is 0. The standard InChI is InChI=1S/C14H27N5O2S/c1-12-14(13(2)16-15-12)22(20,21)19-10-8-18(9-11-19)7-5-6-17(3)4/h5-11H2,1-4H3,(H,15,16). The van der Waals surface area contributed by atoms with Crippen molar-refractivity contribution in [1.29, 1.82) is 0 Å². The third-order valence-electron chi connectivity index (χ3n) is 4.07. The van der Waals surface area contributed by atoms with Crippen LogP contribution < -0.4 is 0 Å². The van der Waals surface area contributed by atoms with E-state index >= 15 is 0 Å². The second kappa shape index (κ2) is 7.08. The summed E-state index contributed by atoms with van der Waals surface area (Å²) in [6.45, 7) is 8.26. The van der Waals surface area contributed by atoms with Gasteiger partial charge in [-0.15, -0.1) is 0 Å². The number of nitrogens with one attached hydrogen (secondary N) is 1. The van der Waals surface area contributed by atoms with E-state index < -0.39 is 10.0 Å². The van der Waals surface area contributed by atoms with Gasteiger partial charge >= 0.3 is 0 Å². The first-order valence-corrected chi connectivity index (χ1v) is 9.15. The van der Waals surface area contributed by atoms with Crippen molar-refractivity contribution in [2.24, 2.45) is 0 Å². The summed E-state index contributed by atoms with van der Waals surface area (Å²) in [6.07, 6.45) is 1.11. The molecule has 126 valence electrons. The molecule has 1 fully saturated rings. The summed E-state index contributed by atoms with van der Waals surface area (Å²) in [5.41, 5.74) is 1.16. The molecule has 0 radical (unpaired) electrons. The molecule has 1 N–H and O–H groups in total. The van der Waals surface area contributed by atoms with Crippen molar-refractivity contribution in [2.75, 3.05) is 53.4 Å². The average Bonchev–Trinajstić information content (AvgIpc) is 2.79. The number of aromatic nitrogens is 2. The van der Waals surface area contributed by atoms with E-state index in [1.54, 1.807) is 18.2 Å². The zero-order chi connectivity index (χ0) is 16.3. The van der Waals surface area contributed by atoms with E-state index in [1.807, 2.05) is 0 Å². The topological polar surface area (TPSA) is 72.5 Å². The van der Waals surface area contributed by atoms with Gasteiger partial charge in [0.05, 0.1) is 11.4 Å². The van der Waals surface area contributed by atoms with Crippen molar-refractivity contribution in [3.8, 4) is 0 Å². The van der Waals surface area contributed by atoms with Gasteiger partial charge in [-0.2, -0.15) is 9.40 Å². The molecule has 7 nitrogen and oxygen atoms in total. The lowest BCUT2D eigenvalue weighted by Crippen LogP contribution is -2.49. The van der Waals surface area contributed by atoms with Crippen LogP contribution in [0.15, 0.2) is 4.90 Å². The number of aryl methyl sites for hydroxylation is 2. The predicted molar refractivity (Wildman–Crippen MR) is 86.4 cm³/mol. The van der Waals surface area contributed by atoms with Crippen LogP contribution in [0.25, 0.3) is 0 Å². The summed E-state index contributed by atoms with van der Waals surface area (Å²) in [6, 6.07) is 0. The summed E-state index contributed by atoms with van der Waals surface area (Å²) < 4.78 is 27.1. The van der Waals surface area contributed by atoms with Gasteiger partial charge in [0.15, 0.2) is 0 Å². The molecule has 0 atom stereocenters. The Morgan fingerprint density at radius 2 is 1.82 bits per heavy atom. The van der Waals surface area contributed by atoms with E-state index in [-0.39, 0.29) is 0 Å². The van der Waals surface area contributed by atoms with Gasteiger partial charge in [-0.1, -0.05) is 0 Å². The van der Waals surface area contributed by atoms with Gasteiger partial charge in [0.2, 0.25) is 10.0 Å². The zero-order valence-electron chi connectivity index (χ0n) is 14.0. The van der Waals surface area contributed by atoms with Crippen LogP contribution in [0.5, 0.6) is 0 Å². The van der Waals surface area contributed by atoms with E-state index in [2.05, 4.69) is 34.1 Å². The maximum Gasteiger partial charge on any atom is 0.246 e. The molecular formula is C14H27N5O2S. The first kappa shape index (κ1) is 17.4. The fourth-order valence-electron chi connectivity index (χ4n) is 2.85. The monoisotopic (exact) mass is 329 g/mol. The molecule has 0 aliphatic carbocycles. The highest BCUT2D eigenvalue weighted by molar-refractivity contribution is 7.89. The first-order chi connectivity index (χ1) is 10.3. The number of nitrogens with zero attached hydrogens (tertiary/aromatic N) is 4. The van der Waals surface area contributed by atoms with Gasteiger partial charge in [0.25, 0.3) is 0 Å². The van der Waals surface area contributed by atoms with Crippen LogP contribution in [0.4, 0.5) is 0 Å². The maximum absolute atomic E-state index is 12.7. The lowest BCUT2D eigenvalue weighted by atomic mass is 10.3. The van der Waals surface area contributed by atoms with Crippen LogP contribution in [0.1, 0.15) is 17.8 Å². The Bertz CT molecular complexity index is 569. The molecule has 8 heteroatoms. The maximum atomic E-state index is 12.7. The Kier molecular flexibility index (Phi) is 5.60. The highest BCUT2D eigenvalue weighted by atomic mass is 32.2. The largest absolute Gasteiger partial charge is 0.309 e. The molecule has 0 unspecified atom stereocenters. The second-order valence-electron chi connectivity index (χ2n) is 6.17. The van der Waals surface area contributed by atoms with Gasteiger partial charge < -0.3 is 9.80 Å². The zero-order valence-corrected chi connectivity index (χ0v) is 14.8. The third-order valence-corrected chi connectivity index (χ3v) is 6.23. The molecule has 0 spiro atoms. The molecule has 0 saturated carbocycles. The quantitative estimate of drug-likeness (QED) is 0.812. The van der Waals surface area contributed by atoms with Crippen LogP contribution in [0, 0.1) is 13.8 Å². The van der Waals surface area contributed by atoms with Crippen LogP contribution in [-0.4, -0.2) is 86.1 Å². The molecule has 2 rings (SSSR count). The molecule has 0 bridgehead atoms. The molecule has 1 aliphatic heterocycles. The molecular weight excluding hydrogens is 302 g/mol. The minimum Gasteiger partial charge on any atom is -0.309 e. The Labute approximate surface area is 133 Å². The van der Waals surface area contributed by atoms with Crippen LogP contribution in [-0.2, 0) is 10.0 Å². The predicted octanol–water partition coefficient (Wildman–Crippen LogP) is 0.285. The molecule has 0 aromatic carbocycles. The van der Waals surface area contributed by atoms with E-state index in [4.69, 9.17) is 0 Å². The molecule has 1 aliphatic rings. The van der Waals surface area contributed by atoms with Crippen molar-refractivity contribution in [2.45, 2.75) is 25.2 Å². The molecule has 2 heterocycles. The van der Waals surface area contributed by atoms with Gasteiger partial charge in [-0.25, -0.2) is 8.42 Å². The summed E-state index contributed by atoms with van der Waals surface area (Å²) in [5.74, 6) is 0. The number of sulfonamides is 1. The SMILES string of the molecule is Cc1n[nH]c(C)c1S(=O)(=O)N1CCN(CCCN(C)C)CC1. The van der Waals surface area contributed by atoms with Crippen molar-refractivity contribution in [3.05, 3.63) is 11.4 Å². The smallest absolute Gasteiger partial charge is 0.246 e. The summed E-state index contributed by atoms with van der Waals surface area (Å²) in [7, 11) is 0.706. The van der Waals surface area contributed by atoms with E-state index in [9.17, 15) is 8.42 Å². The fourth-order valence-corrected chi connectivity index (χ4v) is 4.61. The van der Waals surface area contributed by atoms with Crippen molar-refractivity contribution < 1.29 is 8.42 Å². The Morgan fingerprint density at radius 1 is 1.18 bits per heavy atom. The Morgan fingerprint density at radius 3 is 2.32 bits per heavy atom. The van der Waals surface area contributed by atoms with Crippen LogP contribution in [0.3, 0.4) is 0 Å². The minimum absolute atomic E-state index is 0.341. The number of hydrogen-bond donors (Lipinski definition) is 1. The molecule has 22 heavy (non-hydrogen) atoms. The number of aromatic amines is 1. The summed E-state index contributed by atoms with van der Waals surface area (Å²) in [5, 5.41) is 6.76. The number of piperazine rings is 1.